The van der Waals surface area contributed by atoms with Crippen molar-refractivity contribution in [2.24, 2.45) is 0 Å². The van der Waals surface area contributed by atoms with Crippen LogP contribution in [-0.4, -0.2) is 58.1 Å². The maximum absolute atomic E-state index is 12.4. The van der Waals surface area contributed by atoms with Gasteiger partial charge in [0, 0.05) is 26.6 Å². The minimum absolute atomic E-state index is 0.0265. The minimum Gasteiger partial charge on any atom is -0.467 e. The lowest BCUT2D eigenvalue weighted by atomic mass is 10.2. The van der Waals surface area contributed by atoms with E-state index in [2.05, 4.69) is 25.3 Å². The van der Waals surface area contributed by atoms with E-state index in [-0.39, 0.29) is 11.9 Å². The molecule has 0 aromatic carbocycles. The minimum atomic E-state index is -0.165. The average molecular weight is 347 g/mol. The lowest BCUT2D eigenvalue weighted by Gasteiger charge is -2.26. The molecule has 136 valence electrons. The number of rotatable bonds is 6. The van der Waals surface area contributed by atoms with Gasteiger partial charge in [0.25, 0.3) is 0 Å². The van der Waals surface area contributed by atoms with E-state index < -0.39 is 0 Å². The Morgan fingerprint density at radius 2 is 2.24 bits per heavy atom. The van der Waals surface area contributed by atoms with Gasteiger partial charge in [-0.2, -0.15) is 4.98 Å². The predicted molar refractivity (Wildman–Crippen MR) is 90.5 cm³/mol. The van der Waals surface area contributed by atoms with Gasteiger partial charge in [-0.05, 0) is 32.0 Å². The average Bonchev–Trinajstić information content (AvgIpc) is 3.20. The van der Waals surface area contributed by atoms with Gasteiger partial charge in [-0.3, -0.25) is 14.6 Å². The Balaban J connectivity index is 1.47. The summed E-state index contributed by atoms with van der Waals surface area (Å²) in [6, 6.07) is 3.51. The number of nitrogens with one attached hydrogen (secondary N) is 1. The zero-order valence-corrected chi connectivity index (χ0v) is 14.8. The van der Waals surface area contributed by atoms with Gasteiger partial charge in [-0.1, -0.05) is 5.16 Å². The number of aryl methyl sites for hydroxylation is 1. The van der Waals surface area contributed by atoms with Crippen molar-refractivity contribution < 1.29 is 13.7 Å². The van der Waals surface area contributed by atoms with E-state index in [0.29, 0.717) is 19.0 Å². The highest BCUT2D eigenvalue weighted by Crippen LogP contribution is 2.10. The first-order valence-electron chi connectivity index (χ1n) is 8.67. The van der Waals surface area contributed by atoms with E-state index in [1.54, 1.807) is 13.2 Å². The molecule has 1 saturated heterocycles. The zero-order chi connectivity index (χ0) is 17.6. The molecule has 8 nitrogen and oxygen atoms in total. The molecule has 25 heavy (non-hydrogen) atoms. The van der Waals surface area contributed by atoms with E-state index in [9.17, 15) is 4.79 Å². The molecule has 2 aromatic heterocycles. The molecule has 0 unspecified atom stereocenters. The first-order valence-corrected chi connectivity index (χ1v) is 8.67. The lowest BCUT2D eigenvalue weighted by Crippen LogP contribution is -2.46. The molecule has 8 heteroatoms. The largest absolute Gasteiger partial charge is 0.467 e. The van der Waals surface area contributed by atoms with Crippen molar-refractivity contribution in [2.45, 2.75) is 39.4 Å². The van der Waals surface area contributed by atoms with Gasteiger partial charge < -0.3 is 14.3 Å². The third-order valence-corrected chi connectivity index (χ3v) is 4.50. The van der Waals surface area contributed by atoms with Crippen molar-refractivity contribution in [1.29, 1.82) is 0 Å². The Morgan fingerprint density at radius 1 is 1.36 bits per heavy atom. The van der Waals surface area contributed by atoms with Crippen LogP contribution in [0.1, 0.15) is 30.8 Å². The van der Waals surface area contributed by atoms with Gasteiger partial charge in [0.15, 0.2) is 5.82 Å². The Morgan fingerprint density at radius 3 is 2.96 bits per heavy atom. The number of amides is 1. The highest BCUT2D eigenvalue weighted by Gasteiger charge is 2.24. The van der Waals surface area contributed by atoms with Crippen LogP contribution >= 0.6 is 0 Å². The topological polar surface area (TPSA) is 87.6 Å². The van der Waals surface area contributed by atoms with Crippen molar-refractivity contribution in [2.75, 3.05) is 26.2 Å². The van der Waals surface area contributed by atoms with E-state index in [1.807, 2.05) is 19.1 Å². The van der Waals surface area contributed by atoms with Gasteiger partial charge in [-0.25, -0.2) is 0 Å². The van der Waals surface area contributed by atoms with Crippen LogP contribution in [0.3, 0.4) is 0 Å². The molecule has 1 fully saturated rings. The van der Waals surface area contributed by atoms with Crippen molar-refractivity contribution in [1.82, 2.24) is 25.3 Å². The van der Waals surface area contributed by atoms with Gasteiger partial charge in [-0.15, -0.1) is 0 Å². The summed E-state index contributed by atoms with van der Waals surface area (Å²) >= 11 is 0. The summed E-state index contributed by atoms with van der Waals surface area (Å²) in [4.78, 5) is 21.2. The van der Waals surface area contributed by atoms with Gasteiger partial charge in [0.05, 0.1) is 25.4 Å². The fourth-order valence-electron chi connectivity index (χ4n) is 3.04. The lowest BCUT2D eigenvalue weighted by molar-refractivity contribution is -0.126. The van der Waals surface area contributed by atoms with Gasteiger partial charge in [0.2, 0.25) is 11.8 Å². The Kier molecular flexibility index (Phi) is 5.83. The molecule has 1 aliphatic heterocycles. The molecule has 0 saturated carbocycles. The molecule has 1 N–H and O–H groups in total. The van der Waals surface area contributed by atoms with Crippen LogP contribution in [0.2, 0.25) is 0 Å². The maximum Gasteiger partial charge on any atom is 0.237 e. The van der Waals surface area contributed by atoms with Crippen LogP contribution in [-0.2, 0) is 17.9 Å². The number of carbonyl (C=O) groups excluding carboxylic acids is 1. The summed E-state index contributed by atoms with van der Waals surface area (Å²) in [6.07, 6.45) is 2.62. The molecule has 2 aromatic rings. The molecule has 0 spiro atoms. The van der Waals surface area contributed by atoms with Crippen molar-refractivity contribution in [3.63, 3.8) is 0 Å². The van der Waals surface area contributed by atoms with Gasteiger partial charge in [0.1, 0.15) is 5.76 Å². The number of aromatic nitrogens is 2. The van der Waals surface area contributed by atoms with Crippen LogP contribution in [0, 0.1) is 6.92 Å². The summed E-state index contributed by atoms with van der Waals surface area (Å²) in [5, 5.41) is 6.89. The molecule has 3 heterocycles. The fraction of sp³-hybridized carbons (Fsp3) is 0.588. The second-order valence-corrected chi connectivity index (χ2v) is 6.37. The van der Waals surface area contributed by atoms with Crippen LogP contribution in [0.4, 0.5) is 0 Å². The summed E-state index contributed by atoms with van der Waals surface area (Å²) in [6.45, 7) is 8.44. The first-order chi connectivity index (χ1) is 12.1. The summed E-state index contributed by atoms with van der Waals surface area (Å²) in [7, 11) is 0. The highest BCUT2D eigenvalue weighted by atomic mass is 16.5. The number of carbonyl (C=O) groups is 1. The molecule has 0 radical (unpaired) electrons. The van der Waals surface area contributed by atoms with Crippen molar-refractivity contribution in [3.05, 3.63) is 35.9 Å². The van der Waals surface area contributed by atoms with Crippen LogP contribution in [0.5, 0.6) is 0 Å². The SMILES string of the molecule is Cc1nc(CN2CCCN([C@H](C)C(=O)NCc3ccco3)CC2)no1. The predicted octanol–water partition coefficient (Wildman–Crippen LogP) is 1.18. The monoisotopic (exact) mass is 347 g/mol. The Labute approximate surface area is 147 Å². The zero-order valence-electron chi connectivity index (χ0n) is 14.8. The highest BCUT2D eigenvalue weighted by molar-refractivity contribution is 5.81. The van der Waals surface area contributed by atoms with E-state index in [0.717, 1.165) is 44.2 Å². The third-order valence-electron chi connectivity index (χ3n) is 4.50. The molecular weight excluding hydrogens is 322 g/mol. The quantitative estimate of drug-likeness (QED) is 0.839. The van der Waals surface area contributed by atoms with E-state index in [1.165, 1.54) is 0 Å². The molecular formula is C17H25N5O3. The Bertz CT molecular complexity index is 670. The number of hydrogen-bond acceptors (Lipinski definition) is 7. The molecule has 1 atom stereocenters. The first kappa shape index (κ1) is 17.6. The van der Waals surface area contributed by atoms with Gasteiger partial charge >= 0.3 is 0 Å². The molecule has 1 aliphatic rings. The normalized spacial score (nSPS) is 18.0. The number of nitrogens with zero attached hydrogens (tertiary/aromatic N) is 4. The number of hydrogen-bond donors (Lipinski definition) is 1. The fourth-order valence-corrected chi connectivity index (χ4v) is 3.04. The van der Waals surface area contributed by atoms with Crippen LogP contribution < -0.4 is 5.32 Å². The second-order valence-electron chi connectivity index (χ2n) is 6.37. The molecule has 1 amide bonds. The van der Waals surface area contributed by atoms with Crippen molar-refractivity contribution in [3.8, 4) is 0 Å². The van der Waals surface area contributed by atoms with Crippen molar-refractivity contribution >= 4 is 5.91 Å². The van der Waals surface area contributed by atoms with Crippen LogP contribution in [0.25, 0.3) is 0 Å². The molecule has 0 bridgehead atoms. The van der Waals surface area contributed by atoms with Crippen LogP contribution in [0.15, 0.2) is 27.3 Å². The molecule has 3 rings (SSSR count). The second kappa shape index (κ2) is 8.26. The number of furan rings is 1. The standard InChI is InChI=1S/C17H25N5O3/c1-13(17(23)18-11-15-5-3-10-24-15)22-7-4-6-21(8-9-22)12-16-19-14(2)25-20-16/h3,5,10,13H,4,6-9,11-12H2,1-2H3,(H,18,23)/t13-/m1/s1. The molecule has 0 aliphatic carbocycles. The van der Waals surface area contributed by atoms with E-state index >= 15 is 0 Å². The Hall–Kier alpha value is -2.19. The summed E-state index contributed by atoms with van der Waals surface area (Å²) < 4.78 is 10.3. The van der Waals surface area contributed by atoms with E-state index in [4.69, 9.17) is 8.94 Å². The smallest absolute Gasteiger partial charge is 0.237 e. The summed E-state index contributed by atoms with van der Waals surface area (Å²) in [5.41, 5.74) is 0. The maximum atomic E-state index is 12.4. The third kappa shape index (κ3) is 4.90. The summed E-state index contributed by atoms with van der Waals surface area (Å²) in [5.74, 6) is 2.10.